The molecule has 4 nitrogen and oxygen atoms in total. The molecular formula is C12H17ClO4S. The summed E-state index contributed by atoms with van der Waals surface area (Å²) in [5, 5.41) is 0. The summed E-state index contributed by atoms with van der Waals surface area (Å²) in [5.74, 6) is 0.609. The van der Waals surface area contributed by atoms with Gasteiger partial charge in [-0.1, -0.05) is 0 Å². The Morgan fingerprint density at radius 3 is 2.17 bits per heavy atom. The van der Waals surface area contributed by atoms with Crippen molar-refractivity contribution in [3.8, 4) is 5.75 Å². The first kappa shape index (κ1) is 15.3. The van der Waals surface area contributed by atoms with Gasteiger partial charge in [0, 0.05) is 17.8 Å². The lowest BCUT2D eigenvalue weighted by atomic mass is 10.1. The maximum Gasteiger partial charge on any atom is 0.261 e. The number of ether oxygens (including phenoxy) is 2. The standard InChI is InChI=1S/C12H17ClO4S/c1-8-5-11(17-7-10(3)16-4)6-9(2)12(8)18(13,14)15/h5-6,10H,7H2,1-4H3. The van der Waals surface area contributed by atoms with Crippen molar-refractivity contribution in [3.05, 3.63) is 23.3 Å². The van der Waals surface area contributed by atoms with E-state index in [9.17, 15) is 8.42 Å². The first-order chi connectivity index (χ1) is 8.25. The Labute approximate surface area is 112 Å². The van der Waals surface area contributed by atoms with Crippen LogP contribution in [0.4, 0.5) is 0 Å². The van der Waals surface area contributed by atoms with Gasteiger partial charge in [0.05, 0.1) is 11.0 Å². The summed E-state index contributed by atoms with van der Waals surface area (Å²) >= 11 is 0. The van der Waals surface area contributed by atoms with Crippen LogP contribution in [0.25, 0.3) is 0 Å². The quantitative estimate of drug-likeness (QED) is 0.783. The molecule has 0 saturated heterocycles. The van der Waals surface area contributed by atoms with Crippen molar-refractivity contribution >= 4 is 19.7 Å². The minimum atomic E-state index is -3.72. The van der Waals surface area contributed by atoms with Crippen molar-refractivity contribution in [2.75, 3.05) is 13.7 Å². The summed E-state index contributed by atoms with van der Waals surface area (Å²) in [6.07, 6.45) is -0.0259. The molecule has 0 radical (unpaired) electrons. The highest BCUT2D eigenvalue weighted by atomic mass is 35.7. The number of hydrogen-bond donors (Lipinski definition) is 0. The molecule has 0 aliphatic rings. The lowest BCUT2D eigenvalue weighted by molar-refractivity contribution is 0.0716. The van der Waals surface area contributed by atoms with E-state index in [0.29, 0.717) is 23.5 Å². The molecule has 1 unspecified atom stereocenters. The van der Waals surface area contributed by atoms with Crippen LogP contribution in [0, 0.1) is 13.8 Å². The van der Waals surface area contributed by atoms with Crippen LogP contribution in [0.3, 0.4) is 0 Å². The molecule has 0 fully saturated rings. The highest BCUT2D eigenvalue weighted by molar-refractivity contribution is 8.13. The van der Waals surface area contributed by atoms with Crippen LogP contribution in [0.5, 0.6) is 5.75 Å². The van der Waals surface area contributed by atoms with Crippen LogP contribution in [0.15, 0.2) is 17.0 Å². The fourth-order valence-corrected chi connectivity index (χ4v) is 3.28. The minimum Gasteiger partial charge on any atom is -0.491 e. The van der Waals surface area contributed by atoms with Crippen molar-refractivity contribution in [3.63, 3.8) is 0 Å². The van der Waals surface area contributed by atoms with Gasteiger partial charge in [-0.2, -0.15) is 0 Å². The average molecular weight is 293 g/mol. The minimum absolute atomic E-state index is 0.0259. The van der Waals surface area contributed by atoms with Gasteiger partial charge in [-0.05, 0) is 44.0 Å². The lowest BCUT2D eigenvalue weighted by Crippen LogP contribution is -2.16. The summed E-state index contributed by atoms with van der Waals surface area (Å²) in [4.78, 5) is 0.149. The Bertz CT molecular complexity index is 502. The molecule has 0 N–H and O–H groups in total. The Morgan fingerprint density at radius 1 is 1.28 bits per heavy atom. The van der Waals surface area contributed by atoms with Gasteiger partial charge in [-0.25, -0.2) is 8.42 Å². The fraction of sp³-hybridized carbons (Fsp3) is 0.500. The molecule has 0 aliphatic carbocycles. The van der Waals surface area contributed by atoms with E-state index in [1.165, 1.54) is 0 Å². The molecule has 0 amide bonds. The molecule has 0 heterocycles. The van der Waals surface area contributed by atoms with Gasteiger partial charge >= 0.3 is 0 Å². The Hall–Kier alpha value is -0.780. The number of benzene rings is 1. The third-order valence-electron chi connectivity index (χ3n) is 2.56. The van der Waals surface area contributed by atoms with E-state index in [1.54, 1.807) is 33.1 Å². The first-order valence-corrected chi connectivity index (χ1v) is 7.78. The lowest BCUT2D eigenvalue weighted by Gasteiger charge is -2.14. The number of methoxy groups -OCH3 is 1. The van der Waals surface area contributed by atoms with Crippen LogP contribution in [-0.4, -0.2) is 28.2 Å². The number of hydrogen-bond acceptors (Lipinski definition) is 4. The molecule has 0 saturated carbocycles. The highest BCUT2D eigenvalue weighted by Crippen LogP contribution is 2.28. The summed E-state index contributed by atoms with van der Waals surface area (Å²) < 4.78 is 33.4. The predicted molar refractivity (Wildman–Crippen MR) is 70.9 cm³/mol. The molecule has 102 valence electrons. The van der Waals surface area contributed by atoms with E-state index in [1.807, 2.05) is 6.92 Å². The number of aryl methyl sites for hydroxylation is 2. The molecule has 18 heavy (non-hydrogen) atoms. The highest BCUT2D eigenvalue weighted by Gasteiger charge is 2.17. The van der Waals surface area contributed by atoms with Crippen LogP contribution in [-0.2, 0) is 13.8 Å². The van der Waals surface area contributed by atoms with Gasteiger partial charge in [0.25, 0.3) is 9.05 Å². The SMILES string of the molecule is COC(C)COc1cc(C)c(S(=O)(=O)Cl)c(C)c1. The molecule has 6 heteroatoms. The molecule has 1 aromatic rings. The van der Waals surface area contributed by atoms with Gasteiger partial charge in [-0.3, -0.25) is 0 Å². The van der Waals surface area contributed by atoms with Gasteiger partial charge in [0.15, 0.2) is 0 Å². The Balaban J connectivity index is 3.01. The van der Waals surface area contributed by atoms with E-state index in [4.69, 9.17) is 20.2 Å². The fourth-order valence-electron chi connectivity index (χ4n) is 1.66. The third-order valence-corrected chi connectivity index (χ3v) is 4.16. The average Bonchev–Trinajstić information content (AvgIpc) is 2.22. The second kappa shape index (κ2) is 5.91. The van der Waals surface area contributed by atoms with Crippen molar-refractivity contribution in [1.82, 2.24) is 0 Å². The normalized spacial score (nSPS) is 13.4. The van der Waals surface area contributed by atoms with Crippen molar-refractivity contribution in [2.45, 2.75) is 31.8 Å². The van der Waals surface area contributed by atoms with Gasteiger partial charge in [0.1, 0.15) is 12.4 Å². The van der Waals surface area contributed by atoms with Crippen molar-refractivity contribution < 1.29 is 17.9 Å². The molecule has 1 aromatic carbocycles. The van der Waals surface area contributed by atoms with Crippen LogP contribution >= 0.6 is 10.7 Å². The molecule has 0 bridgehead atoms. The predicted octanol–water partition coefficient (Wildman–Crippen LogP) is 2.64. The maximum atomic E-state index is 11.4. The largest absolute Gasteiger partial charge is 0.491 e. The zero-order valence-corrected chi connectivity index (χ0v) is 12.4. The molecule has 1 atom stereocenters. The van der Waals surface area contributed by atoms with Crippen molar-refractivity contribution in [2.24, 2.45) is 0 Å². The van der Waals surface area contributed by atoms with E-state index >= 15 is 0 Å². The smallest absolute Gasteiger partial charge is 0.261 e. The van der Waals surface area contributed by atoms with E-state index in [-0.39, 0.29) is 11.0 Å². The molecular weight excluding hydrogens is 276 g/mol. The van der Waals surface area contributed by atoms with Crippen LogP contribution in [0.2, 0.25) is 0 Å². The first-order valence-electron chi connectivity index (χ1n) is 5.47. The molecule has 0 aliphatic heterocycles. The molecule has 0 aromatic heterocycles. The third kappa shape index (κ3) is 3.86. The molecule has 0 spiro atoms. The van der Waals surface area contributed by atoms with Crippen LogP contribution in [0.1, 0.15) is 18.1 Å². The maximum absolute atomic E-state index is 11.4. The van der Waals surface area contributed by atoms with Gasteiger partial charge < -0.3 is 9.47 Å². The van der Waals surface area contributed by atoms with Gasteiger partial charge in [-0.15, -0.1) is 0 Å². The monoisotopic (exact) mass is 292 g/mol. The zero-order valence-electron chi connectivity index (χ0n) is 10.9. The second-order valence-corrected chi connectivity index (χ2v) is 6.68. The summed E-state index contributed by atoms with van der Waals surface area (Å²) in [6.45, 7) is 5.67. The van der Waals surface area contributed by atoms with E-state index < -0.39 is 9.05 Å². The Kier molecular flexibility index (Phi) is 5.01. The number of rotatable bonds is 5. The topological polar surface area (TPSA) is 52.6 Å². The summed E-state index contributed by atoms with van der Waals surface area (Å²) in [6, 6.07) is 3.31. The van der Waals surface area contributed by atoms with Crippen LogP contribution < -0.4 is 4.74 Å². The number of halogens is 1. The van der Waals surface area contributed by atoms with E-state index in [0.717, 1.165) is 0 Å². The summed E-state index contributed by atoms with van der Waals surface area (Å²) in [5.41, 5.74) is 1.15. The zero-order chi connectivity index (χ0) is 13.9. The summed E-state index contributed by atoms with van der Waals surface area (Å²) in [7, 11) is 3.26. The molecule has 1 rings (SSSR count). The van der Waals surface area contributed by atoms with E-state index in [2.05, 4.69) is 0 Å². The van der Waals surface area contributed by atoms with Crippen molar-refractivity contribution in [1.29, 1.82) is 0 Å². The van der Waals surface area contributed by atoms with Gasteiger partial charge in [0.2, 0.25) is 0 Å². The second-order valence-electron chi connectivity index (χ2n) is 4.18. The Morgan fingerprint density at radius 2 is 1.78 bits per heavy atom.